The van der Waals surface area contributed by atoms with Gasteiger partial charge < -0.3 is 37.3 Å². The molecule has 0 heterocycles. The summed E-state index contributed by atoms with van der Waals surface area (Å²) in [6, 6.07) is 15.6. The molecule has 0 aliphatic rings. The van der Waals surface area contributed by atoms with Crippen molar-refractivity contribution in [2.24, 2.45) is 23.3 Å². The molecule has 5 atom stereocenters. The van der Waals surface area contributed by atoms with Gasteiger partial charge in [0.25, 0.3) is 0 Å². The number of ether oxygens (including phenoxy) is 1. The van der Waals surface area contributed by atoms with Crippen LogP contribution in [0.3, 0.4) is 0 Å². The zero-order valence-corrected chi connectivity index (χ0v) is 25.1. The first-order chi connectivity index (χ1) is 20.5. The molecule has 0 saturated heterocycles. The molecular formula is C32H45N5O6. The summed E-state index contributed by atoms with van der Waals surface area (Å²) in [5.41, 5.74) is 12.9. The molecule has 2 aromatic carbocycles. The van der Waals surface area contributed by atoms with E-state index in [1.54, 1.807) is 13.8 Å². The van der Waals surface area contributed by atoms with Crippen LogP contribution in [0.25, 0.3) is 0 Å². The van der Waals surface area contributed by atoms with Crippen LogP contribution >= 0.6 is 0 Å². The van der Waals surface area contributed by atoms with Gasteiger partial charge >= 0.3 is 0 Å². The van der Waals surface area contributed by atoms with Crippen LogP contribution in [0.4, 0.5) is 0 Å². The molecule has 0 aliphatic carbocycles. The van der Waals surface area contributed by atoms with Crippen LogP contribution in [0.5, 0.6) is 0 Å². The zero-order chi connectivity index (χ0) is 31.8. The molecule has 0 saturated carbocycles. The van der Waals surface area contributed by atoms with Gasteiger partial charge in [0.2, 0.25) is 23.6 Å². The quantitative estimate of drug-likeness (QED) is 0.138. The van der Waals surface area contributed by atoms with Crippen molar-refractivity contribution in [1.82, 2.24) is 16.0 Å². The topological polar surface area (TPSA) is 186 Å². The van der Waals surface area contributed by atoms with Crippen LogP contribution in [0.15, 0.2) is 72.8 Å². The summed E-state index contributed by atoms with van der Waals surface area (Å²) in [6.07, 6.45) is 3.92. The minimum atomic E-state index is -1.37. The minimum absolute atomic E-state index is 0.0722. The first-order valence-electron chi connectivity index (χ1n) is 14.4. The normalized spacial score (nSPS) is 14.8. The van der Waals surface area contributed by atoms with Crippen LogP contribution in [-0.4, -0.2) is 66.1 Å². The second kappa shape index (κ2) is 18.5. The van der Waals surface area contributed by atoms with Gasteiger partial charge in [-0.3, -0.25) is 19.2 Å². The van der Waals surface area contributed by atoms with Gasteiger partial charge in [-0.2, -0.15) is 0 Å². The number of primary amides is 1. The summed E-state index contributed by atoms with van der Waals surface area (Å²) < 4.78 is 5.86. The largest absolute Gasteiger partial charge is 0.394 e. The molecule has 43 heavy (non-hydrogen) atoms. The Hall–Kier alpha value is -4.06. The van der Waals surface area contributed by atoms with Crippen molar-refractivity contribution < 1.29 is 29.0 Å². The lowest BCUT2D eigenvalue weighted by Gasteiger charge is -2.27. The van der Waals surface area contributed by atoms with Crippen LogP contribution < -0.4 is 27.4 Å². The van der Waals surface area contributed by atoms with Crippen molar-refractivity contribution in [2.45, 2.75) is 64.4 Å². The van der Waals surface area contributed by atoms with E-state index in [1.807, 2.05) is 79.7 Å². The Balaban J connectivity index is 2.12. The molecule has 0 unspecified atom stereocenters. The summed E-state index contributed by atoms with van der Waals surface area (Å²) in [7, 11) is 0. The van der Waals surface area contributed by atoms with E-state index in [0.717, 1.165) is 11.1 Å². The molecule has 11 heteroatoms. The lowest BCUT2D eigenvalue weighted by Crippen LogP contribution is -2.58. The molecule has 2 aromatic rings. The minimum Gasteiger partial charge on any atom is -0.394 e. The molecule has 4 amide bonds. The van der Waals surface area contributed by atoms with Crippen LogP contribution in [0.1, 0.15) is 38.3 Å². The fourth-order valence-electron chi connectivity index (χ4n) is 4.18. The maximum Gasteiger partial charge on any atom is 0.243 e. The molecule has 0 bridgehead atoms. The van der Waals surface area contributed by atoms with Crippen molar-refractivity contribution >= 4 is 23.6 Å². The van der Waals surface area contributed by atoms with Crippen molar-refractivity contribution in [3.05, 3.63) is 83.9 Å². The highest BCUT2D eigenvalue weighted by Crippen LogP contribution is 2.10. The van der Waals surface area contributed by atoms with Gasteiger partial charge in [0, 0.05) is 0 Å². The van der Waals surface area contributed by atoms with E-state index in [2.05, 4.69) is 16.0 Å². The highest BCUT2D eigenvalue weighted by atomic mass is 16.5. The predicted molar refractivity (Wildman–Crippen MR) is 164 cm³/mol. The summed E-state index contributed by atoms with van der Waals surface area (Å²) in [5, 5.41) is 17.1. The lowest BCUT2D eigenvalue weighted by atomic mass is 9.99. The van der Waals surface area contributed by atoms with Crippen LogP contribution in [0.2, 0.25) is 0 Å². The number of aliphatic hydroxyl groups excluding tert-OH is 1. The average Bonchev–Trinajstić information content (AvgIpc) is 2.98. The number of carbonyl (C=O) groups excluding carboxylic acids is 4. The van der Waals surface area contributed by atoms with Crippen molar-refractivity contribution in [1.29, 1.82) is 0 Å². The van der Waals surface area contributed by atoms with Gasteiger partial charge in [0.1, 0.15) is 18.1 Å². The monoisotopic (exact) mass is 595 g/mol. The summed E-state index contributed by atoms with van der Waals surface area (Å²) >= 11 is 0. The molecule has 0 spiro atoms. The second-order valence-electron chi connectivity index (χ2n) is 10.9. The van der Waals surface area contributed by atoms with E-state index in [4.69, 9.17) is 21.3 Å². The second-order valence-corrected chi connectivity index (χ2v) is 10.9. The number of nitrogens with one attached hydrogen (secondary N) is 3. The summed E-state index contributed by atoms with van der Waals surface area (Å²) in [4.78, 5) is 50.4. The number of carbonyl (C=O) groups is 4. The third-order valence-electron chi connectivity index (χ3n) is 6.61. The van der Waals surface area contributed by atoms with Gasteiger partial charge in [-0.25, -0.2) is 0 Å². The van der Waals surface area contributed by atoms with E-state index < -0.39 is 60.8 Å². The zero-order valence-electron chi connectivity index (χ0n) is 25.1. The number of amides is 4. The number of nitrogens with two attached hydrogens (primary N) is 2. The molecule has 0 fully saturated rings. The van der Waals surface area contributed by atoms with Crippen molar-refractivity contribution in [3.8, 4) is 0 Å². The van der Waals surface area contributed by atoms with Crippen molar-refractivity contribution in [3.63, 3.8) is 0 Å². The smallest absolute Gasteiger partial charge is 0.243 e. The van der Waals surface area contributed by atoms with Gasteiger partial charge in [0.15, 0.2) is 0 Å². The highest BCUT2D eigenvalue weighted by Gasteiger charge is 2.31. The molecular weight excluding hydrogens is 550 g/mol. The number of rotatable bonds is 18. The number of hydrogen-bond donors (Lipinski definition) is 6. The highest BCUT2D eigenvalue weighted by molar-refractivity contribution is 5.95. The molecule has 0 aromatic heterocycles. The SMILES string of the molecule is CC(C)[C@H](NC(=O)[C@H](CC(N)=O)NC(=O)[C@@H](N)CO)C(=O)N[C@H](/C=C\[C@@H](C)COCc1ccccc1)Cc1ccccc1. The van der Waals surface area contributed by atoms with E-state index >= 15 is 0 Å². The fourth-order valence-corrected chi connectivity index (χ4v) is 4.18. The lowest BCUT2D eigenvalue weighted by molar-refractivity contribution is -0.134. The molecule has 8 N–H and O–H groups in total. The Kier molecular flexibility index (Phi) is 15.1. The number of hydrogen-bond acceptors (Lipinski definition) is 7. The number of aliphatic hydroxyl groups is 1. The molecule has 234 valence electrons. The maximum absolute atomic E-state index is 13.5. The third-order valence-corrected chi connectivity index (χ3v) is 6.61. The third kappa shape index (κ3) is 13.2. The molecule has 0 aliphatic heterocycles. The van der Waals surface area contributed by atoms with Gasteiger partial charge in [-0.1, -0.05) is 93.6 Å². The Labute approximate surface area is 253 Å². The van der Waals surface area contributed by atoms with E-state index in [1.165, 1.54) is 0 Å². The first kappa shape index (κ1) is 35.1. The van der Waals surface area contributed by atoms with Gasteiger partial charge in [-0.15, -0.1) is 0 Å². The number of benzene rings is 2. The Morgan fingerprint density at radius 1 is 0.837 bits per heavy atom. The van der Waals surface area contributed by atoms with Gasteiger partial charge in [0.05, 0.1) is 32.3 Å². The maximum atomic E-state index is 13.5. The first-order valence-corrected chi connectivity index (χ1v) is 14.4. The fraction of sp³-hybridized carbons (Fsp3) is 0.438. The average molecular weight is 596 g/mol. The summed E-state index contributed by atoms with van der Waals surface area (Å²) in [5.74, 6) is -3.13. The van der Waals surface area contributed by atoms with E-state index in [0.29, 0.717) is 19.6 Å². The van der Waals surface area contributed by atoms with E-state index in [-0.39, 0.29) is 11.8 Å². The van der Waals surface area contributed by atoms with Crippen LogP contribution in [0, 0.1) is 11.8 Å². The Morgan fingerprint density at radius 3 is 2.00 bits per heavy atom. The molecule has 11 nitrogen and oxygen atoms in total. The van der Waals surface area contributed by atoms with Crippen LogP contribution in [-0.2, 0) is 36.9 Å². The summed E-state index contributed by atoms with van der Waals surface area (Å²) in [6.45, 7) is 5.90. The van der Waals surface area contributed by atoms with E-state index in [9.17, 15) is 19.2 Å². The Bertz CT molecular complexity index is 1190. The predicted octanol–water partition coefficient (Wildman–Crippen LogP) is 0.944. The molecule has 2 rings (SSSR count). The Morgan fingerprint density at radius 2 is 1.44 bits per heavy atom. The standard InChI is InChI=1S/C32H45N5O6/c1-21(2)29(37-31(41)27(17-28(34)39)36-30(40)26(33)18-38)32(42)35-25(16-23-10-6-4-7-11-23)15-14-22(3)19-43-20-24-12-8-5-9-13-24/h4-15,21-22,25-27,29,38H,16-20,33H2,1-3H3,(H2,34,39)(H,35,42)(H,36,40)(H,37,41)/b15-14-/t22-,25-,26+,27+,29+/m1/s1. The molecule has 0 radical (unpaired) electrons. The van der Waals surface area contributed by atoms with Crippen molar-refractivity contribution in [2.75, 3.05) is 13.2 Å². The van der Waals surface area contributed by atoms with Gasteiger partial charge in [-0.05, 0) is 29.4 Å².